The molecule has 0 bridgehead atoms. The van der Waals surface area contributed by atoms with Gasteiger partial charge >= 0.3 is 0 Å². The quantitative estimate of drug-likeness (QED) is 0.182. The van der Waals surface area contributed by atoms with Crippen molar-refractivity contribution in [1.29, 1.82) is 0 Å². The van der Waals surface area contributed by atoms with E-state index in [4.69, 9.17) is 4.99 Å². The molecule has 5 heteroatoms. The predicted octanol–water partition coefficient (Wildman–Crippen LogP) is 11.4. The highest BCUT2D eigenvalue weighted by Crippen LogP contribution is 2.45. The first-order chi connectivity index (χ1) is 31.7. The third-order valence-corrected chi connectivity index (χ3v) is 14.5. The van der Waals surface area contributed by atoms with Gasteiger partial charge in [-0.15, -0.1) is 0 Å². The van der Waals surface area contributed by atoms with E-state index >= 15 is 0 Å². The number of rotatable bonds is 5. The van der Waals surface area contributed by atoms with Crippen molar-refractivity contribution < 1.29 is 0 Å². The fraction of sp³-hybridized carbons (Fsp3) is 0.169. The summed E-state index contributed by atoms with van der Waals surface area (Å²) in [7, 11) is 0. The Hall–Kier alpha value is -7.21. The molecule has 310 valence electrons. The monoisotopic (exact) mass is 827 g/mol. The van der Waals surface area contributed by atoms with Crippen molar-refractivity contribution in [1.82, 2.24) is 19.8 Å². The number of nitrogens with one attached hydrogen (secondary N) is 2. The van der Waals surface area contributed by atoms with Gasteiger partial charge in [-0.3, -0.25) is 9.88 Å². The summed E-state index contributed by atoms with van der Waals surface area (Å²) in [6, 6.07) is 37.8. The second-order valence-corrected chi connectivity index (χ2v) is 18.2. The molecule has 3 heterocycles. The number of nitrogens with zero attached hydrogens (tertiary/aromatic N) is 3. The molecule has 6 atom stereocenters. The van der Waals surface area contributed by atoms with Crippen LogP contribution < -0.4 is 21.2 Å². The highest BCUT2D eigenvalue weighted by atomic mass is 15.4. The molecule has 6 aliphatic carbocycles. The van der Waals surface area contributed by atoms with Crippen LogP contribution >= 0.6 is 0 Å². The molecule has 0 spiro atoms. The minimum absolute atomic E-state index is 0.111. The van der Waals surface area contributed by atoms with Crippen LogP contribution in [-0.4, -0.2) is 15.1 Å². The molecule has 0 radical (unpaired) electrons. The minimum atomic E-state index is -0.286. The van der Waals surface area contributed by atoms with Crippen LogP contribution in [0.4, 0.5) is 0 Å². The number of hydrogen-bond acceptors (Lipinski definition) is 3. The Kier molecular flexibility index (Phi) is 8.90. The molecular formula is C59H49N5. The van der Waals surface area contributed by atoms with Crippen LogP contribution in [0.15, 0.2) is 187 Å². The molecule has 5 nitrogen and oxygen atoms in total. The van der Waals surface area contributed by atoms with E-state index in [2.05, 4.69) is 220 Å². The Bertz CT molecular complexity index is 3300. The number of benzene rings is 4. The molecular weight excluding hydrogens is 779 g/mol. The van der Waals surface area contributed by atoms with Gasteiger partial charge in [0.2, 0.25) is 5.96 Å². The molecule has 0 amide bonds. The zero-order chi connectivity index (χ0) is 42.1. The van der Waals surface area contributed by atoms with E-state index in [9.17, 15) is 0 Å². The molecule has 2 aromatic heterocycles. The van der Waals surface area contributed by atoms with Crippen LogP contribution in [0.25, 0.3) is 51.9 Å². The van der Waals surface area contributed by atoms with Crippen molar-refractivity contribution in [3.05, 3.63) is 231 Å². The van der Waals surface area contributed by atoms with E-state index in [1.807, 2.05) is 0 Å². The van der Waals surface area contributed by atoms with Gasteiger partial charge in [-0.2, -0.15) is 0 Å². The molecule has 0 saturated carbocycles. The zero-order valence-corrected chi connectivity index (χ0v) is 35.7. The number of fused-ring (bicyclic) bond motifs is 9. The maximum atomic E-state index is 5.70. The molecule has 0 fully saturated rings. The van der Waals surface area contributed by atoms with Crippen molar-refractivity contribution >= 4 is 46.7 Å². The summed E-state index contributed by atoms with van der Waals surface area (Å²) in [5, 5.41) is 11.8. The Morgan fingerprint density at radius 1 is 0.688 bits per heavy atom. The number of aromatic nitrogens is 2. The molecule has 4 aromatic carbocycles. The molecule has 1 aliphatic heterocycles. The Morgan fingerprint density at radius 2 is 1.52 bits per heavy atom. The van der Waals surface area contributed by atoms with Crippen molar-refractivity contribution in [2.75, 3.05) is 0 Å². The topological polar surface area (TPSA) is 46.3 Å². The summed E-state index contributed by atoms with van der Waals surface area (Å²) in [5.41, 5.74) is 15.4. The minimum Gasteiger partial charge on any atom is -0.336 e. The van der Waals surface area contributed by atoms with Gasteiger partial charge in [-0.25, -0.2) is 4.99 Å². The third kappa shape index (κ3) is 6.21. The van der Waals surface area contributed by atoms with Crippen molar-refractivity contribution in [2.45, 2.75) is 50.0 Å². The van der Waals surface area contributed by atoms with Gasteiger partial charge in [0.1, 0.15) is 12.3 Å². The Balaban J connectivity index is 0.980. The standard InChI is InChI=1S/C59H49N5/c1-3-14-38(15-4-1)40-26-28-42(29-27-40)57-60-58(46-22-13-21-43(34-46)39-16-5-2-6-17-39)62-59(61-57)64-54-36-45-20-8-7-19-44(45)35-52(54)50-33-31-47(37-55(50)64)63-53-25-12-11-24-49(53)51-32-30-41-18-9-10-23-48(41)56(51)63/h1-5,7-16,18,20-36,41,44,47-48,57-58,60H,6,17,19,37H2,(H,61,62). The van der Waals surface area contributed by atoms with Crippen LogP contribution in [0.3, 0.4) is 0 Å². The first kappa shape index (κ1) is 37.4. The van der Waals surface area contributed by atoms with Crippen LogP contribution in [0.2, 0.25) is 0 Å². The number of hydrogen-bond donors (Lipinski definition) is 2. The molecule has 7 aliphatic rings. The summed E-state index contributed by atoms with van der Waals surface area (Å²) in [4.78, 5) is 5.70. The van der Waals surface area contributed by atoms with E-state index < -0.39 is 0 Å². The maximum Gasteiger partial charge on any atom is 0.206 e. The predicted molar refractivity (Wildman–Crippen MR) is 264 cm³/mol. The smallest absolute Gasteiger partial charge is 0.206 e. The van der Waals surface area contributed by atoms with Gasteiger partial charge in [0.25, 0.3) is 0 Å². The van der Waals surface area contributed by atoms with Crippen molar-refractivity contribution in [3.63, 3.8) is 0 Å². The van der Waals surface area contributed by atoms with Crippen LogP contribution in [0.1, 0.15) is 82.8 Å². The number of allylic oxidation sites excluding steroid dienone is 14. The lowest BCUT2D eigenvalue weighted by Gasteiger charge is -2.34. The van der Waals surface area contributed by atoms with Gasteiger partial charge in [-0.1, -0.05) is 182 Å². The highest BCUT2D eigenvalue weighted by molar-refractivity contribution is 5.93. The molecule has 0 saturated heterocycles. The zero-order valence-electron chi connectivity index (χ0n) is 35.7. The SMILES string of the molecule is C1=CCCC(c2cccc(C3N=C(n4c5c(c6c4=CC4=CC=CCC4C=6)C=CC(n4c6c(c7ccccc74)C=CC4C=CC=CC64)C5)NC(c4ccc(-c5ccccc5)cc4)N3)c2)=C1. The lowest BCUT2D eigenvalue weighted by Crippen LogP contribution is -2.51. The summed E-state index contributed by atoms with van der Waals surface area (Å²) >= 11 is 0. The largest absolute Gasteiger partial charge is 0.336 e. The second-order valence-electron chi connectivity index (χ2n) is 18.2. The molecule has 13 rings (SSSR count). The van der Waals surface area contributed by atoms with Crippen LogP contribution in [0, 0.1) is 11.8 Å². The summed E-state index contributed by atoms with van der Waals surface area (Å²) in [5.74, 6) is 1.87. The van der Waals surface area contributed by atoms with E-state index in [0.717, 1.165) is 37.2 Å². The maximum absolute atomic E-state index is 5.70. The summed E-state index contributed by atoms with van der Waals surface area (Å²) in [6.45, 7) is 0. The summed E-state index contributed by atoms with van der Waals surface area (Å²) in [6.07, 6.45) is 40.9. The highest BCUT2D eigenvalue weighted by Gasteiger charge is 2.35. The second kappa shape index (κ2) is 15.3. The lowest BCUT2D eigenvalue weighted by atomic mass is 9.80. The summed E-state index contributed by atoms with van der Waals surface area (Å²) < 4.78 is 5.16. The normalized spacial score (nSPS) is 24.5. The van der Waals surface area contributed by atoms with Gasteiger partial charge in [-0.05, 0) is 76.4 Å². The average Bonchev–Trinajstić information content (AvgIpc) is 3.88. The van der Waals surface area contributed by atoms with Gasteiger partial charge in [0.15, 0.2) is 0 Å². The first-order valence-electron chi connectivity index (χ1n) is 23.1. The first-order valence-corrected chi connectivity index (χ1v) is 23.1. The Labute approximate surface area is 374 Å². The third-order valence-electron chi connectivity index (χ3n) is 14.5. The van der Waals surface area contributed by atoms with E-state index in [1.165, 1.54) is 77.4 Å². The molecule has 6 aromatic rings. The fourth-order valence-corrected chi connectivity index (χ4v) is 11.3. The molecule has 64 heavy (non-hydrogen) atoms. The van der Waals surface area contributed by atoms with Crippen LogP contribution in [0.5, 0.6) is 0 Å². The molecule has 6 unspecified atom stereocenters. The van der Waals surface area contributed by atoms with Gasteiger partial charge < -0.3 is 9.88 Å². The van der Waals surface area contributed by atoms with E-state index in [1.54, 1.807) is 0 Å². The van der Waals surface area contributed by atoms with Crippen molar-refractivity contribution in [3.8, 4) is 11.1 Å². The van der Waals surface area contributed by atoms with Gasteiger partial charge in [0.05, 0.1) is 11.4 Å². The van der Waals surface area contributed by atoms with Crippen molar-refractivity contribution in [2.24, 2.45) is 16.8 Å². The fourth-order valence-electron chi connectivity index (χ4n) is 11.3. The average molecular weight is 828 g/mol. The van der Waals surface area contributed by atoms with Gasteiger partial charge in [0, 0.05) is 62.8 Å². The number of para-hydroxylation sites is 1. The lowest BCUT2D eigenvalue weighted by molar-refractivity contribution is 0.400. The van der Waals surface area contributed by atoms with E-state index in [-0.39, 0.29) is 24.3 Å². The van der Waals surface area contributed by atoms with E-state index in [0.29, 0.717) is 11.8 Å². The number of aliphatic imine (C=N–C) groups is 1. The molecule has 2 N–H and O–H groups in total. The Morgan fingerprint density at radius 3 is 2.42 bits per heavy atom. The van der Waals surface area contributed by atoms with Crippen LogP contribution in [-0.2, 0) is 6.42 Å².